The van der Waals surface area contributed by atoms with Crippen LogP contribution in [-0.2, 0) is 6.54 Å². The average molecular weight is 434 g/mol. The predicted molar refractivity (Wildman–Crippen MR) is 121 cm³/mol. The number of pyridine rings is 1. The molecule has 4 saturated carbocycles. The minimum Gasteiger partial charge on any atom is -0.394 e. The lowest BCUT2D eigenvalue weighted by Crippen LogP contribution is -2.51. The Bertz CT molecular complexity index is 1140. The number of carbonyl (C=O) groups excluding carboxylic acids is 1. The zero-order chi connectivity index (χ0) is 21.9. The third kappa shape index (κ3) is 3.34. The van der Waals surface area contributed by atoms with E-state index in [4.69, 9.17) is 4.98 Å². The van der Waals surface area contributed by atoms with Gasteiger partial charge < -0.3 is 10.4 Å². The second kappa shape index (κ2) is 7.44. The first-order valence-electron chi connectivity index (χ1n) is 11.9. The van der Waals surface area contributed by atoms with Crippen LogP contribution in [-0.4, -0.2) is 43.3 Å². The van der Waals surface area contributed by atoms with Gasteiger partial charge in [-0.25, -0.2) is 4.98 Å². The first kappa shape index (κ1) is 20.0. The van der Waals surface area contributed by atoms with Crippen molar-refractivity contribution >= 4 is 11.6 Å². The molecule has 0 spiro atoms. The van der Waals surface area contributed by atoms with Crippen LogP contribution in [0.15, 0.2) is 30.5 Å². The van der Waals surface area contributed by atoms with Crippen molar-refractivity contribution in [1.82, 2.24) is 24.5 Å². The summed E-state index contributed by atoms with van der Waals surface area (Å²) in [6, 6.07) is 7.63. The summed E-state index contributed by atoms with van der Waals surface area (Å²) in [5.74, 6) is 2.61. The van der Waals surface area contributed by atoms with E-state index in [0.717, 1.165) is 47.0 Å². The smallest absolute Gasteiger partial charge is 0.268 e. The topological polar surface area (TPSA) is 84.5 Å². The van der Waals surface area contributed by atoms with Gasteiger partial charge in [0.15, 0.2) is 0 Å². The van der Waals surface area contributed by atoms with E-state index in [1.54, 1.807) is 4.68 Å². The molecule has 0 aromatic carbocycles. The first-order chi connectivity index (χ1) is 15.5. The summed E-state index contributed by atoms with van der Waals surface area (Å²) in [5, 5.41) is 17.1. The number of aliphatic hydroxyl groups is 1. The fourth-order valence-corrected chi connectivity index (χ4v) is 7.14. The molecule has 0 saturated heterocycles. The minimum absolute atomic E-state index is 0.0303. The van der Waals surface area contributed by atoms with Crippen molar-refractivity contribution in [2.75, 3.05) is 13.2 Å². The lowest BCUT2D eigenvalue weighted by Gasteiger charge is -2.56. The van der Waals surface area contributed by atoms with E-state index in [9.17, 15) is 9.90 Å². The van der Waals surface area contributed by atoms with Gasteiger partial charge in [0.1, 0.15) is 22.7 Å². The highest BCUT2D eigenvalue weighted by molar-refractivity contribution is 5.93. The van der Waals surface area contributed by atoms with Crippen LogP contribution < -0.4 is 5.32 Å². The van der Waals surface area contributed by atoms with Crippen molar-refractivity contribution in [2.45, 2.75) is 52.0 Å². The van der Waals surface area contributed by atoms with Gasteiger partial charge in [-0.15, -0.1) is 0 Å². The van der Waals surface area contributed by atoms with E-state index >= 15 is 0 Å². The summed E-state index contributed by atoms with van der Waals surface area (Å²) in [5.41, 5.74) is 4.11. The van der Waals surface area contributed by atoms with E-state index in [-0.39, 0.29) is 12.5 Å². The summed E-state index contributed by atoms with van der Waals surface area (Å²) in [6.07, 6.45) is 9.99. The third-order valence-corrected chi connectivity index (χ3v) is 8.07. The SMILES string of the molecule is Cc1cc(-c2cn3c(C(=O)NCC45CC6CC(CC(C6)C4)C5)cccc3n2)nn1CCO. The van der Waals surface area contributed by atoms with E-state index in [0.29, 0.717) is 17.7 Å². The zero-order valence-electron chi connectivity index (χ0n) is 18.6. The average Bonchev–Trinajstić information content (AvgIpc) is 3.35. The highest BCUT2D eigenvalue weighted by Crippen LogP contribution is 2.59. The van der Waals surface area contributed by atoms with Crippen LogP contribution in [0.2, 0.25) is 0 Å². The normalized spacial score (nSPS) is 28.5. The summed E-state index contributed by atoms with van der Waals surface area (Å²) >= 11 is 0. The minimum atomic E-state index is -0.0303. The van der Waals surface area contributed by atoms with Gasteiger partial charge in [0.25, 0.3) is 5.91 Å². The molecule has 3 heterocycles. The zero-order valence-corrected chi connectivity index (χ0v) is 18.6. The number of aryl methyl sites for hydroxylation is 1. The Morgan fingerprint density at radius 3 is 2.56 bits per heavy atom. The molecule has 4 bridgehead atoms. The number of carbonyl (C=O) groups is 1. The number of hydrogen-bond donors (Lipinski definition) is 2. The lowest BCUT2D eigenvalue weighted by molar-refractivity contribution is -0.0503. The molecule has 4 aliphatic rings. The summed E-state index contributed by atoms with van der Waals surface area (Å²) in [4.78, 5) is 17.9. The molecule has 1 amide bonds. The van der Waals surface area contributed by atoms with Crippen molar-refractivity contribution in [3.05, 3.63) is 41.9 Å². The van der Waals surface area contributed by atoms with Gasteiger partial charge in [-0.3, -0.25) is 13.9 Å². The Morgan fingerprint density at radius 2 is 1.88 bits per heavy atom. The fraction of sp³-hybridized carbons (Fsp3) is 0.560. The molecule has 0 aliphatic heterocycles. The molecule has 4 aliphatic carbocycles. The van der Waals surface area contributed by atoms with E-state index in [2.05, 4.69) is 10.4 Å². The molecule has 3 aromatic rings. The van der Waals surface area contributed by atoms with Crippen LogP contribution in [0.25, 0.3) is 17.0 Å². The number of amides is 1. The molecule has 32 heavy (non-hydrogen) atoms. The molecular formula is C25H31N5O2. The molecule has 7 rings (SSSR count). The van der Waals surface area contributed by atoms with Crippen LogP contribution in [0.5, 0.6) is 0 Å². The number of aromatic nitrogens is 4. The van der Waals surface area contributed by atoms with Gasteiger partial charge in [-0.1, -0.05) is 6.07 Å². The highest BCUT2D eigenvalue weighted by atomic mass is 16.3. The molecule has 0 radical (unpaired) electrons. The molecule has 0 unspecified atom stereocenters. The highest BCUT2D eigenvalue weighted by Gasteiger charge is 2.50. The Morgan fingerprint density at radius 1 is 1.16 bits per heavy atom. The number of rotatable bonds is 6. The van der Waals surface area contributed by atoms with Crippen LogP contribution in [0, 0.1) is 30.1 Å². The number of nitrogens with zero attached hydrogens (tertiary/aromatic N) is 4. The van der Waals surface area contributed by atoms with Crippen molar-refractivity contribution < 1.29 is 9.90 Å². The van der Waals surface area contributed by atoms with Crippen molar-refractivity contribution in [2.24, 2.45) is 23.2 Å². The maximum Gasteiger partial charge on any atom is 0.268 e. The quantitative estimate of drug-likeness (QED) is 0.624. The van der Waals surface area contributed by atoms with Gasteiger partial charge in [0, 0.05) is 18.4 Å². The van der Waals surface area contributed by atoms with Gasteiger partial charge >= 0.3 is 0 Å². The van der Waals surface area contributed by atoms with Gasteiger partial charge in [0.05, 0.1) is 13.2 Å². The van der Waals surface area contributed by atoms with E-state index in [1.165, 1.54) is 38.5 Å². The van der Waals surface area contributed by atoms with E-state index in [1.807, 2.05) is 41.8 Å². The summed E-state index contributed by atoms with van der Waals surface area (Å²) in [7, 11) is 0. The van der Waals surface area contributed by atoms with Crippen LogP contribution in [0.1, 0.15) is 54.7 Å². The van der Waals surface area contributed by atoms with Gasteiger partial charge in [-0.05, 0) is 86.8 Å². The maximum atomic E-state index is 13.2. The van der Waals surface area contributed by atoms with Crippen molar-refractivity contribution in [1.29, 1.82) is 0 Å². The standard InChI is InChI=1S/C25H31N5O2/c1-16-7-20(28-30(16)5-6-31)21-14-29-22(3-2-4-23(29)27-21)24(32)26-15-25-11-17-8-18(12-25)10-19(9-17)13-25/h2-4,7,14,17-19,31H,5-6,8-13,15H2,1H3,(H,26,32). The Labute approximate surface area is 187 Å². The largest absolute Gasteiger partial charge is 0.394 e. The molecule has 168 valence electrons. The monoisotopic (exact) mass is 433 g/mol. The van der Waals surface area contributed by atoms with Crippen LogP contribution >= 0.6 is 0 Å². The van der Waals surface area contributed by atoms with Gasteiger partial charge in [-0.2, -0.15) is 5.10 Å². The van der Waals surface area contributed by atoms with Crippen molar-refractivity contribution in [3.8, 4) is 11.4 Å². The number of fused-ring (bicyclic) bond motifs is 1. The molecule has 4 fully saturated rings. The van der Waals surface area contributed by atoms with Crippen LogP contribution in [0.3, 0.4) is 0 Å². The number of aliphatic hydroxyl groups excluding tert-OH is 1. The molecule has 7 nitrogen and oxygen atoms in total. The summed E-state index contributed by atoms with van der Waals surface area (Å²) in [6.45, 7) is 3.25. The third-order valence-electron chi connectivity index (χ3n) is 8.07. The predicted octanol–water partition coefficient (Wildman–Crippen LogP) is 3.44. The second-order valence-corrected chi connectivity index (χ2v) is 10.5. The molecule has 0 atom stereocenters. The Balaban J connectivity index is 1.23. The second-order valence-electron chi connectivity index (χ2n) is 10.5. The maximum absolute atomic E-state index is 13.2. The molecule has 2 N–H and O–H groups in total. The number of imidazole rings is 1. The Kier molecular flexibility index (Phi) is 4.64. The van der Waals surface area contributed by atoms with E-state index < -0.39 is 0 Å². The number of hydrogen-bond acceptors (Lipinski definition) is 4. The van der Waals surface area contributed by atoms with Gasteiger partial charge in [0.2, 0.25) is 0 Å². The first-order valence-corrected chi connectivity index (χ1v) is 11.9. The van der Waals surface area contributed by atoms with Crippen molar-refractivity contribution in [3.63, 3.8) is 0 Å². The Hall–Kier alpha value is -2.67. The number of nitrogens with one attached hydrogen (secondary N) is 1. The fourth-order valence-electron chi connectivity index (χ4n) is 7.14. The van der Waals surface area contributed by atoms with Crippen LogP contribution in [0.4, 0.5) is 0 Å². The lowest BCUT2D eigenvalue weighted by atomic mass is 9.49. The summed E-state index contributed by atoms with van der Waals surface area (Å²) < 4.78 is 3.64. The molecule has 7 heteroatoms. The molecular weight excluding hydrogens is 402 g/mol. The molecule has 3 aromatic heterocycles.